The second-order valence-electron chi connectivity index (χ2n) is 7.18. The summed E-state index contributed by atoms with van der Waals surface area (Å²) in [4.78, 5) is 22.8. The van der Waals surface area contributed by atoms with Crippen LogP contribution in [-0.2, 0) is 13.6 Å². The van der Waals surface area contributed by atoms with Gasteiger partial charge in [0.05, 0.1) is 26.8 Å². The van der Waals surface area contributed by atoms with Crippen molar-refractivity contribution in [3.8, 4) is 10.6 Å². The van der Waals surface area contributed by atoms with E-state index in [1.54, 1.807) is 23.0 Å². The van der Waals surface area contributed by atoms with Crippen LogP contribution in [0, 0.1) is 19.3 Å². The highest BCUT2D eigenvalue weighted by Gasteiger charge is 2.19. The maximum atomic E-state index is 12.6. The molecule has 3 aromatic heterocycles. The molecule has 0 atom stereocenters. The number of aromatic nitrogens is 4. The second-order valence-corrected chi connectivity index (χ2v) is 8.38. The van der Waals surface area contributed by atoms with Gasteiger partial charge in [0.15, 0.2) is 5.65 Å². The van der Waals surface area contributed by atoms with E-state index >= 15 is 0 Å². The molecule has 0 unspecified atom stereocenters. The fourth-order valence-corrected chi connectivity index (χ4v) is 3.69. The predicted octanol–water partition coefficient (Wildman–Crippen LogP) is 3.52. The molecule has 3 rings (SSSR count). The Labute approximate surface area is 139 Å². The van der Waals surface area contributed by atoms with E-state index in [4.69, 9.17) is 4.98 Å². The van der Waals surface area contributed by atoms with Gasteiger partial charge >= 0.3 is 5.69 Å². The molecule has 0 aliphatic carbocycles. The van der Waals surface area contributed by atoms with E-state index in [9.17, 15) is 4.79 Å². The summed E-state index contributed by atoms with van der Waals surface area (Å²) in [5.41, 5.74) is 3.49. The summed E-state index contributed by atoms with van der Waals surface area (Å²) in [6.07, 6.45) is 0. The van der Waals surface area contributed by atoms with Crippen LogP contribution < -0.4 is 5.69 Å². The first kappa shape index (κ1) is 15.9. The smallest absolute Gasteiger partial charge is 0.290 e. The summed E-state index contributed by atoms with van der Waals surface area (Å²) in [7, 11) is 1.78. The number of imidazole rings is 1. The Morgan fingerprint density at radius 2 is 1.87 bits per heavy atom. The van der Waals surface area contributed by atoms with Crippen molar-refractivity contribution in [3.63, 3.8) is 0 Å². The van der Waals surface area contributed by atoms with E-state index in [0.717, 1.165) is 32.4 Å². The molecular weight excluding hydrogens is 308 g/mol. The van der Waals surface area contributed by atoms with Gasteiger partial charge in [0.25, 0.3) is 0 Å². The molecular formula is C17H22N4OS. The summed E-state index contributed by atoms with van der Waals surface area (Å²) in [6.45, 7) is 11.0. The molecule has 3 aromatic rings. The van der Waals surface area contributed by atoms with E-state index in [-0.39, 0.29) is 11.1 Å². The van der Waals surface area contributed by atoms with E-state index in [1.165, 1.54) is 0 Å². The highest BCUT2D eigenvalue weighted by Crippen LogP contribution is 2.29. The average molecular weight is 330 g/mol. The zero-order valence-electron chi connectivity index (χ0n) is 14.5. The van der Waals surface area contributed by atoms with Crippen molar-refractivity contribution in [1.82, 2.24) is 19.1 Å². The average Bonchev–Trinajstić information content (AvgIpc) is 2.90. The van der Waals surface area contributed by atoms with E-state index in [1.807, 2.05) is 30.5 Å². The van der Waals surface area contributed by atoms with Crippen molar-refractivity contribution >= 4 is 22.5 Å². The van der Waals surface area contributed by atoms with Gasteiger partial charge < -0.3 is 0 Å². The molecule has 0 aliphatic rings. The molecule has 0 N–H and O–H groups in total. The summed E-state index contributed by atoms with van der Waals surface area (Å²) in [5.74, 6) is 0. The molecule has 0 saturated heterocycles. The molecule has 122 valence electrons. The first-order valence-corrected chi connectivity index (χ1v) is 8.50. The third kappa shape index (κ3) is 2.83. The van der Waals surface area contributed by atoms with Crippen molar-refractivity contribution in [3.05, 3.63) is 33.3 Å². The van der Waals surface area contributed by atoms with Crippen LogP contribution in [0.25, 0.3) is 21.7 Å². The molecule has 0 radical (unpaired) electrons. The lowest BCUT2D eigenvalue weighted by atomic mass is 9.97. The van der Waals surface area contributed by atoms with Gasteiger partial charge in [-0.15, -0.1) is 11.3 Å². The number of rotatable bonds is 2. The first-order valence-electron chi connectivity index (χ1n) is 7.68. The summed E-state index contributed by atoms with van der Waals surface area (Å²) < 4.78 is 3.45. The third-order valence-electron chi connectivity index (χ3n) is 3.75. The third-order valence-corrected chi connectivity index (χ3v) is 4.84. The molecule has 0 fully saturated rings. The van der Waals surface area contributed by atoms with Crippen molar-refractivity contribution < 1.29 is 0 Å². The van der Waals surface area contributed by atoms with Gasteiger partial charge in [0.2, 0.25) is 0 Å². The largest absolute Gasteiger partial charge is 0.330 e. The number of aryl methyl sites for hydroxylation is 3. The Kier molecular flexibility index (Phi) is 3.67. The second kappa shape index (κ2) is 5.30. The number of fused-ring (bicyclic) bond motifs is 1. The van der Waals surface area contributed by atoms with Gasteiger partial charge in [-0.25, -0.2) is 14.8 Å². The quantitative estimate of drug-likeness (QED) is 0.722. The van der Waals surface area contributed by atoms with Gasteiger partial charge in [-0.2, -0.15) is 0 Å². The van der Waals surface area contributed by atoms with Crippen molar-refractivity contribution in [1.29, 1.82) is 0 Å². The Hall–Kier alpha value is -1.95. The minimum atomic E-state index is -0.0169. The molecule has 23 heavy (non-hydrogen) atoms. The molecule has 3 heterocycles. The van der Waals surface area contributed by atoms with Crippen molar-refractivity contribution in [2.24, 2.45) is 12.5 Å². The minimum absolute atomic E-state index is 0.0169. The van der Waals surface area contributed by atoms with Crippen molar-refractivity contribution in [2.75, 3.05) is 0 Å². The van der Waals surface area contributed by atoms with E-state index in [2.05, 4.69) is 25.8 Å². The number of hydrogen-bond acceptors (Lipinski definition) is 4. The van der Waals surface area contributed by atoms with Gasteiger partial charge in [-0.3, -0.25) is 9.13 Å². The van der Waals surface area contributed by atoms with Gasteiger partial charge in [-0.1, -0.05) is 20.8 Å². The fraction of sp³-hybridized carbons (Fsp3) is 0.471. The molecule has 0 aromatic carbocycles. The van der Waals surface area contributed by atoms with Crippen LogP contribution in [0.3, 0.4) is 0 Å². The zero-order chi connectivity index (χ0) is 16.9. The highest BCUT2D eigenvalue weighted by atomic mass is 32.1. The number of thiazole rings is 1. The van der Waals surface area contributed by atoms with Crippen molar-refractivity contribution in [2.45, 2.75) is 41.2 Å². The van der Waals surface area contributed by atoms with Crippen LogP contribution >= 0.6 is 11.3 Å². The topological polar surface area (TPSA) is 52.7 Å². The molecule has 0 bridgehead atoms. The maximum Gasteiger partial charge on any atom is 0.330 e. The van der Waals surface area contributed by atoms with Crippen LogP contribution in [0.15, 0.2) is 16.9 Å². The zero-order valence-corrected chi connectivity index (χ0v) is 15.3. The predicted molar refractivity (Wildman–Crippen MR) is 95.0 cm³/mol. The summed E-state index contributed by atoms with van der Waals surface area (Å²) in [6, 6.07) is 3.99. The lowest BCUT2D eigenvalue weighted by molar-refractivity contribution is 0.342. The van der Waals surface area contributed by atoms with E-state index in [0.29, 0.717) is 6.54 Å². The molecule has 0 amide bonds. The summed E-state index contributed by atoms with van der Waals surface area (Å²) >= 11 is 1.64. The van der Waals surface area contributed by atoms with Gasteiger partial charge in [0, 0.05) is 13.6 Å². The lowest BCUT2D eigenvalue weighted by Gasteiger charge is -2.18. The Balaban J connectivity index is 2.20. The van der Waals surface area contributed by atoms with E-state index < -0.39 is 0 Å². The normalized spacial score (nSPS) is 12.3. The number of pyridine rings is 1. The van der Waals surface area contributed by atoms with Crippen LogP contribution in [0.4, 0.5) is 0 Å². The van der Waals surface area contributed by atoms with Crippen LogP contribution in [-0.4, -0.2) is 19.1 Å². The molecule has 0 spiro atoms. The number of nitrogens with zero attached hydrogens (tertiary/aromatic N) is 4. The first-order chi connectivity index (χ1) is 10.7. The Bertz CT molecular complexity index is 940. The Morgan fingerprint density at radius 1 is 1.17 bits per heavy atom. The monoisotopic (exact) mass is 330 g/mol. The minimum Gasteiger partial charge on any atom is -0.290 e. The van der Waals surface area contributed by atoms with Gasteiger partial charge in [0.1, 0.15) is 0 Å². The molecule has 6 heteroatoms. The fourth-order valence-electron chi connectivity index (χ4n) is 2.80. The number of hydrogen-bond donors (Lipinski definition) is 0. The lowest BCUT2D eigenvalue weighted by Crippen LogP contribution is -2.27. The summed E-state index contributed by atoms with van der Waals surface area (Å²) in [5, 5.41) is 1.03. The van der Waals surface area contributed by atoms with Crippen LogP contribution in [0.1, 0.15) is 31.5 Å². The van der Waals surface area contributed by atoms with Crippen LogP contribution in [0.2, 0.25) is 0 Å². The van der Waals surface area contributed by atoms with Crippen LogP contribution in [0.5, 0.6) is 0 Å². The SMILES string of the molecule is Cc1nc(C)c(-c2ccc3c(n2)n(C)c(=O)n3CC(C)(C)C)s1. The standard InChI is InChI=1S/C17H22N4OS/c1-10-14(23-11(2)18-10)12-7-8-13-15(19-12)20(6)16(22)21(13)9-17(3,4)5/h7-8H,9H2,1-6H3. The highest BCUT2D eigenvalue weighted by molar-refractivity contribution is 7.15. The molecule has 0 saturated carbocycles. The molecule has 5 nitrogen and oxygen atoms in total. The van der Waals surface area contributed by atoms with Gasteiger partial charge in [-0.05, 0) is 31.4 Å². The Morgan fingerprint density at radius 3 is 2.43 bits per heavy atom. The molecule has 0 aliphatic heterocycles. The maximum absolute atomic E-state index is 12.6.